The van der Waals surface area contributed by atoms with E-state index in [1.54, 1.807) is 0 Å². The first-order chi connectivity index (χ1) is 13.1. The first-order valence-electron chi connectivity index (χ1n) is 7.84. The number of rotatable bonds is 10. The average molecular weight is 406 g/mol. The van der Waals surface area contributed by atoms with Crippen molar-refractivity contribution in [2.45, 2.75) is 13.8 Å². The Balaban J connectivity index is 2.76. The van der Waals surface area contributed by atoms with Crippen LogP contribution in [0.15, 0.2) is 24.3 Å². The van der Waals surface area contributed by atoms with Crippen LogP contribution in [0.25, 0.3) is 0 Å². The third-order valence-corrected chi connectivity index (χ3v) is 3.01. The van der Waals surface area contributed by atoms with Crippen LogP contribution in [-0.4, -0.2) is 38.4 Å². The topological polar surface area (TPSA) is 71.1 Å². The number of ether oxygens (including phenoxy) is 4. The summed E-state index contributed by atoms with van der Waals surface area (Å²) in [6, 6.07) is 0. The molecule has 154 valence electrons. The first-order valence-corrected chi connectivity index (χ1v) is 7.84. The third kappa shape index (κ3) is 6.00. The maximum Gasteiger partial charge on any atom is 0.333 e. The van der Waals surface area contributed by atoms with Gasteiger partial charge in [0.05, 0.1) is 0 Å². The maximum atomic E-state index is 14.0. The molecule has 10 heteroatoms. The SMILES string of the molecule is C=C(C)C(=O)OCCOc1c(F)c(F)c(OCCOC(=O)C(=C)C)c(F)c1F. The lowest BCUT2D eigenvalue weighted by Gasteiger charge is -2.14. The van der Waals surface area contributed by atoms with Crippen LogP contribution in [0.3, 0.4) is 0 Å². The Kier molecular flexibility index (Phi) is 8.49. The molecule has 1 rings (SSSR count). The summed E-state index contributed by atoms with van der Waals surface area (Å²) in [6.45, 7) is 7.41. The van der Waals surface area contributed by atoms with Crippen LogP contribution in [0, 0.1) is 23.3 Å². The van der Waals surface area contributed by atoms with Crippen molar-refractivity contribution in [1.82, 2.24) is 0 Å². The molecular weight excluding hydrogens is 388 g/mol. The van der Waals surface area contributed by atoms with Crippen molar-refractivity contribution < 1.29 is 46.1 Å². The summed E-state index contributed by atoms with van der Waals surface area (Å²) < 4.78 is 74.3. The van der Waals surface area contributed by atoms with Crippen molar-refractivity contribution in [2.75, 3.05) is 26.4 Å². The number of carbonyl (C=O) groups is 2. The third-order valence-electron chi connectivity index (χ3n) is 3.01. The predicted octanol–water partition coefficient (Wildman–Crippen LogP) is 3.24. The molecule has 0 amide bonds. The van der Waals surface area contributed by atoms with Gasteiger partial charge in [-0.25, -0.2) is 9.59 Å². The lowest BCUT2D eigenvalue weighted by molar-refractivity contribution is -0.140. The fourth-order valence-electron chi connectivity index (χ4n) is 1.65. The van der Waals surface area contributed by atoms with Gasteiger partial charge in [0, 0.05) is 11.1 Å². The molecule has 0 unspecified atom stereocenters. The molecule has 0 N–H and O–H groups in total. The second-order valence-corrected chi connectivity index (χ2v) is 5.44. The van der Waals surface area contributed by atoms with E-state index in [-0.39, 0.29) is 11.1 Å². The standard InChI is InChI=1S/C18H18F4O6/c1-9(2)17(23)27-7-5-25-15-11(19)13(21)16(14(22)12(15)20)26-6-8-28-18(24)10(3)4/h1,3,5-8H2,2,4H3. The number of esters is 2. The van der Waals surface area contributed by atoms with Crippen molar-refractivity contribution in [3.05, 3.63) is 47.6 Å². The number of benzene rings is 1. The minimum atomic E-state index is -1.83. The zero-order chi connectivity index (χ0) is 21.4. The molecule has 0 aliphatic rings. The van der Waals surface area contributed by atoms with Crippen molar-refractivity contribution in [3.63, 3.8) is 0 Å². The van der Waals surface area contributed by atoms with Crippen LogP contribution >= 0.6 is 0 Å². The van der Waals surface area contributed by atoms with Gasteiger partial charge in [0.2, 0.25) is 23.3 Å². The zero-order valence-electron chi connectivity index (χ0n) is 15.2. The number of halogens is 4. The van der Waals surface area contributed by atoms with Crippen LogP contribution < -0.4 is 9.47 Å². The van der Waals surface area contributed by atoms with Gasteiger partial charge in [0.15, 0.2) is 11.5 Å². The van der Waals surface area contributed by atoms with Gasteiger partial charge in [-0.1, -0.05) is 13.2 Å². The highest BCUT2D eigenvalue weighted by molar-refractivity contribution is 5.87. The summed E-state index contributed by atoms with van der Waals surface area (Å²) in [5.74, 6) is -11.5. The van der Waals surface area contributed by atoms with Crippen molar-refractivity contribution in [1.29, 1.82) is 0 Å². The van der Waals surface area contributed by atoms with E-state index in [1.807, 2.05) is 0 Å². The summed E-state index contributed by atoms with van der Waals surface area (Å²) >= 11 is 0. The maximum absolute atomic E-state index is 14.0. The largest absolute Gasteiger partial charge is 0.484 e. The molecule has 0 fully saturated rings. The summed E-state index contributed by atoms with van der Waals surface area (Å²) in [6.07, 6.45) is 0. The summed E-state index contributed by atoms with van der Waals surface area (Å²) in [7, 11) is 0. The molecule has 28 heavy (non-hydrogen) atoms. The minimum absolute atomic E-state index is 0.0879. The molecular formula is C18H18F4O6. The average Bonchev–Trinajstić information content (AvgIpc) is 2.64. The van der Waals surface area contributed by atoms with Crippen molar-refractivity contribution in [2.24, 2.45) is 0 Å². The molecule has 0 aromatic heterocycles. The van der Waals surface area contributed by atoms with Gasteiger partial charge in [-0.15, -0.1) is 0 Å². The van der Waals surface area contributed by atoms with Gasteiger partial charge in [-0.3, -0.25) is 0 Å². The Morgan fingerprint density at radius 3 is 1.21 bits per heavy atom. The summed E-state index contributed by atoms with van der Waals surface area (Å²) in [5.41, 5.74) is 0.176. The van der Waals surface area contributed by atoms with E-state index in [0.29, 0.717) is 0 Å². The highest BCUT2D eigenvalue weighted by Gasteiger charge is 2.28. The molecule has 0 saturated carbocycles. The highest BCUT2D eigenvalue weighted by atomic mass is 19.2. The monoisotopic (exact) mass is 406 g/mol. The summed E-state index contributed by atoms with van der Waals surface area (Å²) in [5, 5.41) is 0. The number of hydrogen-bond donors (Lipinski definition) is 0. The van der Waals surface area contributed by atoms with Gasteiger partial charge in [-0.05, 0) is 13.8 Å². The Morgan fingerprint density at radius 2 is 0.964 bits per heavy atom. The van der Waals surface area contributed by atoms with Gasteiger partial charge in [0.25, 0.3) is 0 Å². The predicted molar refractivity (Wildman–Crippen MR) is 88.8 cm³/mol. The molecule has 1 aromatic rings. The van der Waals surface area contributed by atoms with E-state index < -0.39 is 73.1 Å². The number of hydrogen-bond acceptors (Lipinski definition) is 6. The second kappa shape index (κ2) is 10.3. The Hall–Kier alpha value is -3.04. The number of carbonyl (C=O) groups excluding carboxylic acids is 2. The molecule has 0 aliphatic heterocycles. The zero-order valence-corrected chi connectivity index (χ0v) is 15.2. The highest BCUT2D eigenvalue weighted by Crippen LogP contribution is 2.34. The van der Waals surface area contributed by atoms with E-state index in [4.69, 9.17) is 0 Å². The van der Waals surface area contributed by atoms with Gasteiger partial charge in [0.1, 0.15) is 26.4 Å². The molecule has 1 aromatic carbocycles. The molecule has 0 radical (unpaired) electrons. The lowest BCUT2D eigenvalue weighted by Crippen LogP contribution is -2.16. The quantitative estimate of drug-likeness (QED) is 0.195. The van der Waals surface area contributed by atoms with Crippen LogP contribution in [-0.2, 0) is 19.1 Å². The Bertz CT molecular complexity index is 697. The first kappa shape index (κ1) is 23.0. The second-order valence-electron chi connectivity index (χ2n) is 5.44. The van der Waals surface area contributed by atoms with E-state index >= 15 is 0 Å². The molecule has 0 spiro atoms. The van der Waals surface area contributed by atoms with Crippen LogP contribution in [0.1, 0.15) is 13.8 Å². The van der Waals surface area contributed by atoms with Crippen LogP contribution in [0.2, 0.25) is 0 Å². The van der Waals surface area contributed by atoms with E-state index in [9.17, 15) is 27.2 Å². The van der Waals surface area contributed by atoms with E-state index in [1.165, 1.54) is 13.8 Å². The smallest absolute Gasteiger partial charge is 0.333 e. The van der Waals surface area contributed by atoms with E-state index in [2.05, 4.69) is 32.1 Å². The molecule has 0 aliphatic carbocycles. The molecule has 0 bridgehead atoms. The normalized spacial score (nSPS) is 10.2. The van der Waals surface area contributed by atoms with Crippen LogP contribution in [0.4, 0.5) is 17.6 Å². The Morgan fingerprint density at radius 1 is 0.679 bits per heavy atom. The van der Waals surface area contributed by atoms with Crippen molar-refractivity contribution >= 4 is 11.9 Å². The molecule has 0 saturated heterocycles. The molecule has 0 atom stereocenters. The van der Waals surface area contributed by atoms with Crippen LogP contribution in [0.5, 0.6) is 11.5 Å². The minimum Gasteiger partial charge on any atom is -0.484 e. The van der Waals surface area contributed by atoms with Crippen molar-refractivity contribution in [3.8, 4) is 11.5 Å². The fraction of sp³-hybridized carbons (Fsp3) is 0.333. The summed E-state index contributed by atoms with van der Waals surface area (Å²) in [4.78, 5) is 22.3. The lowest BCUT2D eigenvalue weighted by atomic mass is 10.2. The van der Waals surface area contributed by atoms with Gasteiger partial charge in [-0.2, -0.15) is 17.6 Å². The molecule has 0 heterocycles. The van der Waals surface area contributed by atoms with E-state index in [0.717, 1.165) is 0 Å². The Labute approximate surface area is 158 Å². The van der Waals surface area contributed by atoms with Gasteiger partial charge < -0.3 is 18.9 Å². The van der Waals surface area contributed by atoms with Gasteiger partial charge >= 0.3 is 11.9 Å². The molecule has 6 nitrogen and oxygen atoms in total. The fourth-order valence-corrected chi connectivity index (χ4v) is 1.65.